The van der Waals surface area contributed by atoms with Crippen molar-refractivity contribution >= 4 is 20.6 Å². The molecule has 6 heteroatoms. The Labute approximate surface area is 65.0 Å². The Bertz CT molecular complexity index is 170. The van der Waals surface area contributed by atoms with Crippen molar-refractivity contribution in [3.63, 3.8) is 0 Å². The van der Waals surface area contributed by atoms with Gasteiger partial charge in [-0.3, -0.25) is 0 Å². The smallest absolute Gasteiger partial charge is 0.489 e. The molecule has 0 bridgehead atoms. The first kappa shape index (κ1) is 9.96. The number of carbonyl (C=O) groups excluding carboxylic acids is 1. The summed E-state index contributed by atoms with van der Waals surface area (Å²) in [5.41, 5.74) is 0. The molecule has 11 heavy (non-hydrogen) atoms. The summed E-state index contributed by atoms with van der Waals surface area (Å²) in [4.78, 5) is 20.3. The molecule has 0 spiro atoms. The molecule has 0 radical (unpaired) electrons. The number of hydrogen-bond donors (Lipinski definition) is 1. The SMILES string of the molecule is C[Si](C)(C)OC(=O)OC(=O)O. The van der Waals surface area contributed by atoms with Crippen molar-refractivity contribution < 1.29 is 23.9 Å². The third-order valence-corrected chi connectivity index (χ3v) is 1.34. The third kappa shape index (κ3) is 6.85. The standard InChI is InChI=1S/C5H10O5Si/c1-11(2,3)10-5(8)9-4(6)7/h1-3H3,(H,6,7). The lowest BCUT2D eigenvalue weighted by atomic mass is 11.3. The van der Waals surface area contributed by atoms with Crippen LogP contribution >= 0.6 is 0 Å². The first-order valence-electron chi connectivity index (χ1n) is 2.95. The van der Waals surface area contributed by atoms with Crippen LogP contribution in [0.1, 0.15) is 0 Å². The Hall–Kier alpha value is -1.04. The van der Waals surface area contributed by atoms with Crippen LogP contribution in [0.3, 0.4) is 0 Å². The predicted molar refractivity (Wildman–Crippen MR) is 38.9 cm³/mol. The van der Waals surface area contributed by atoms with Crippen LogP contribution < -0.4 is 0 Å². The van der Waals surface area contributed by atoms with Gasteiger partial charge in [-0.25, -0.2) is 9.59 Å². The molecule has 0 amide bonds. The van der Waals surface area contributed by atoms with Gasteiger partial charge in [-0.1, -0.05) is 0 Å². The highest BCUT2D eigenvalue weighted by molar-refractivity contribution is 6.71. The maximum Gasteiger partial charge on any atom is 0.516 e. The summed E-state index contributed by atoms with van der Waals surface area (Å²) in [6.45, 7) is 5.24. The van der Waals surface area contributed by atoms with Crippen molar-refractivity contribution in [2.45, 2.75) is 19.6 Å². The van der Waals surface area contributed by atoms with Gasteiger partial charge in [0.25, 0.3) is 8.32 Å². The number of ether oxygens (including phenoxy) is 1. The van der Waals surface area contributed by atoms with E-state index in [4.69, 9.17) is 5.11 Å². The van der Waals surface area contributed by atoms with Crippen LogP contribution in [-0.4, -0.2) is 25.7 Å². The van der Waals surface area contributed by atoms with Crippen LogP contribution in [0.2, 0.25) is 19.6 Å². The van der Waals surface area contributed by atoms with Gasteiger partial charge in [0.15, 0.2) is 0 Å². The maximum atomic E-state index is 10.5. The quantitative estimate of drug-likeness (QED) is 0.375. The van der Waals surface area contributed by atoms with Crippen molar-refractivity contribution in [2.24, 2.45) is 0 Å². The molecule has 0 aliphatic carbocycles. The molecule has 0 atom stereocenters. The minimum Gasteiger partial charge on any atom is -0.489 e. The van der Waals surface area contributed by atoms with E-state index in [9.17, 15) is 9.59 Å². The van der Waals surface area contributed by atoms with E-state index in [2.05, 4.69) is 9.16 Å². The Morgan fingerprint density at radius 2 is 1.73 bits per heavy atom. The molecular formula is C5H10O5Si. The summed E-state index contributed by atoms with van der Waals surface area (Å²) in [5.74, 6) is 0. The van der Waals surface area contributed by atoms with E-state index in [1.807, 2.05) is 0 Å². The lowest BCUT2D eigenvalue weighted by molar-refractivity contribution is 0.0836. The highest BCUT2D eigenvalue weighted by Gasteiger charge is 2.22. The van der Waals surface area contributed by atoms with Crippen molar-refractivity contribution in [1.82, 2.24) is 0 Å². The van der Waals surface area contributed by atoms with Gasteiger partial charge in [0.1, 0.15) is 0 Å². The van der Waals surface area contributed by atoms with Gasteiger partial charge in [0, 0.05) is 0 Å². The number of carboxylic acid groups (broad SMARTS) is 1. The zero-order valence-corrected chi connectivity index (χ0v) is 7.58. The van der Waals surface area contributed by atoms with Gasteiger partial charge < -0.3 is 14.3 Å². The second-order valence-electron chi connectivity index (χ2n) is 2.83. The minimum absolute atomic E-state index is 1.14. The van der Waals surface area contributed by atoms with E-state index in [1.54, 1.807) is 19.6 Å². The van der Waals surface area contributed by atoms with Crippen LogP contribution in [0.5, 0.6) is 0 Å². The third-order valence-electron chi connectivity index (χ3n) is 0.560. The lowest BCUT2D eigenvalue weighted by Gasteiger charge is -2.14. The largest absolute Gasteiger partial charge is 0.516 e. The molecule has 0 fully saturated rings. The zero-order valence-electron chi connectivity index (χ0n) is 6.58. The van der Waals surface area contributed by atoms with Gasteiger partial charge in [-0.15, -0.1) is 0 Å². The van der Waals surface area contributed by atoms with E-state index in [0.717, 1.165) is 0 Å². The lowest BCUT2D eigenvalue weighted by Crippen LogP contribution is -2.30. The molecule has 0 aromatic rings. The number of carbonyl (C=O) groups is 2. The molecule has 0 aliphatic rings. The molecule has 0 aromatic heterocycles. The first-order chi connectivity index (χ1) is 4.81. The monoisotopic (exact) mass is 178 g/mol. The molecule has 0 unspecified atom stereocenters. The summed E-state index contributed by atoms with van der Waals surface area (Å²) >= 11 is 0. The second kappa shape index (κ2) is 3.38. The molecule has 64 valence electrons. The highest BCUT2D eigenvalue weighted by Crippen LogP contribution is 2.03. The van der Waals surface area contributed by atoms with E-state index in [1.165, 1.54) is 0 Å². The molecule has 5 nitrogen and oxygen atoms in total. The molecule has 0 aliphatic heterocycles. The average molecular weight is 178 g/mol. The van der Waals surface area contributed by atoms with Crippen molar-refractivity contribution in [3.05, 3.63) is 0 Å². The fourth-order valence-electron chi connectivity index (χ4n) is 0.342. The van der Waals surface area contributed by atoms with E-state index in [-0.39, 0.29) is 0 Å². The van der Waals surface area contributed by atoms with Crippen molar-refractivity contribution in [1.29, 1.82) is 0 Å². The molecule has 1 N–H and O–H groups in total. The Morgan fingerprint density at radius 3 is 2.00 bits per heavy atom. The number of hydrogen-bond acceptors (Lipinski definition) is 4. The van der Waals surface area contributed by atoms with Crippen LogP contribution in [0.25, 0.3) is 0 Å². The topological polar surface area (TPSA) is 72.8 Å². The summed E-state index contributed by atoms with van der Waals surface area (Å²) < 4.78 is 8.36. The molecule has 0 rings (SSSR count). The maximum absolute atomic E-state index is 10.5. The Balaban J connectivity index is 3.80. The minimum atomic E-state index is -2.03. The molecule has 0 heterocycles. The van der Waals surface area contributed by atoms with Gasteiger partial charge in [-0.05, 0) is 19.6 Å². The number of rotatable bonds is 1. The Kier molecular flexibility index (Phi) is 3.06. The van der Waals surface area contributed by atoms with Crippen molar-refractivity contribution in [2.75, 3.05) is 0 Å². The van der Waals surface area contributed by atoms with Gasteiger partial charge in [0.2, 0.25) is 0 Å². The van der Waals surface area contributed by atoms with Gasteiger partial charge in [-0.2, -0.15) is 0 Å². The first-order valence-corrected chi connectivity index (χ1v) is 6.36. The molecule has 0 saturated carbocycles. The normalized spacial score (nSPS) is 10.5. The molecule has 0 saturated heterocycles. The fourth-order valence-corrected chi connectivity index (χ4v) is 0.884. The van der Waals surface area contributed by atoms with Crippen LogP contribution in [0.4, 0.5) is 9.59 Å². The van der Waals surface area contributed by atoms with E-state index >= 15 is 0 Å². The van der Waals surface area contributed by atoms with Crippen molar-refractivity contribution in [3.8, 4) is 0 Å². The van der Waals surface area contributed by atoms with Crippen LogP contribution in [0, 0.1) is 0 Å². The summed E-state index contributed by atoms with van der Waals surface area (Å²) in [6, 6.07) is 0. The van der Waals surface area contributed by atoms with Gasteiger partial charge in [0.05, 0.1) is 0 Å². The summed E-state index contributed by atoms with van der Waals surface area (Å²) in [5, 5.41) is 7.97. The predicted octanol–water partition coefficient (Wildman–Crippen LogP) is 1.65. The van der Waals surface area contributed by atoms with E-state index < -0.39 is 20.6 Å². The van der Waals surface area contributed by atoms with Gasteiger partial charge >= 0.3 is 12.3 Å². The summed E-state index contributed by atoms with van der Waals surface area (Å²) in [6.07, 6.45) is -2.79. The van der Waals surface area contributed by atoms with Crippen LogP contribution in [-0.2, 0) is 9.16 Å². The summed E-state index contributed by atoms with van der Waals surface area (Å²) in [7, 11) is -2.03. The zero-order chi connectivity index (χ0) is 9.07. The molecular weight excluding hydrogens is 168 g/mol. The average Bonchev–Trinajstić information content (AvgIpc) is 1.53. The highest BCUT2D eigenvalue weighted by atomic mass is 28.4. The van der Waals surface area contributed by atoms with E-state index in [0.29, 0.717) is 0 Å². The molecule has 0 aromatic carbocycles. The van der Waals surface area contributed by atoms with Crippen LogP contribution in [0.15, 0.2) is 0 Å². The second-order valence-corrected chi connectivity index (χ2v) is 7.26. The fraction of sp³-hybridized carbons (Fsp3) is 0.600. The Morgan fingerprint density at radius 1 is 1.27 bits per heavy atom.